The zero-order chi connectivity index (χ0) is 23.0. The van der Waals surface area contributed by atoms with E-state index in [1.165, 1.54) is 13.1 Å². The first kappa shape index (κ1) is 31.9. The van der Waals surface area contributed by atoms with Crippen LogP contribution in [0.5, 0.6) is 0 Å². The van der Waals surface area contributed by atoms with Gasteiger partial charge in [0.1, 0.15) is 0 Å². The van der Waals surface area contributed by atoms with Crippen LogP contribution in [0.1, 0.15) is 53.4 Å². The van der Waals surface area contributed by atoms with Gasteiger partial charge in [0.25, 0.3) is 0 Å². The molecule has 0 amide bonds. The van der Waals surface area contributed by atoms with Crippen molar-refractivity contribution in [3.8, 4) is 0 Å². The number of rotatable bonds is 20. The number of ether oxygens (including phenoxy) is 2. The summed E-state index contributed by atoms with van der Waals surface area (Å²) in [4.78, 5) is 9.25. The molecule has 0 rings (SSSR count). The SMILES string of the molecule is CCN(CC)CCCOCCCN(CC)CC.CN(C)CCCOCCCN(C)C. The summed E-state index contributed by atoms with van der Waals surface area (Å²) < 4.78 is 11.1. The summed E-state index contributed by atoms with van der Waals surface area (Å²) in [6, 6.07) is 0. The third-order valence-electron chi connectivity index (χ3n) is 5.10. The van der Waals surface area contributed by atoms with Crippen molar-refractivity contribution in [2.24, 2.45) is 0 Å². The minimum atomic E-state index is 0.894. The van der Waals surface area contributed by atoms with Gasteiger partial charge in [-0.2, -0.15) is 0 Å². The van der Waals surface area contributed by atoms with E-state index in [0.717, 1.165) is 91.4 Å². The topological polar surface area (TPSA) is 31.4 Å². The van der Waals surface area contributed by atoms with E-state index in [-0.39, 0.29) is 0 Å². The molecule has 6 heteroatoms. The summed E-state index contributed by atoms with van der Waals surface area (Å²) in [6.45, 7) is 21.7. The molecule has 0 aromatic rings. The molecule has 0 radical (unpaired) electrons. The summed E-state index contributed by atoms with van der Waals surface area (Å²) in [7, 11) is 8.36. The van der Waals surface area contributed by atoms with Crippen molar-refractivity contribution in [3.05, 3.63) is 0 Å². The Bertz CT molecular complexity index is 282. The van der Waals surface area contributed by atoms with Crippen LogP contribution in [0, 0.1) is 0 Å². The van der Waals surface area contributed by atoms with Gasteiger partial charge in [0, 0.05) is 39.5 Å². The minimum absolute atomic E-state index is 0.894. The van der Waals surface area contributed by atoms with E-state index in [2.05, 4.69) is 75.5 Å². The molecule has 0 spiro atoms. The minimum Gasteiger partial charge on any atom is -0.381 e. The Labute approximate surface area is 189 Å². The second-order valence-electron chi connectivity index (χ2n) is 8.30. The summed E-state index contributed by atoms with van der Waals surface area (Å²) in [5.74, 6) is 0. The second kappa shape index (κ2) is 25.0. The third-order valence-corrected chi connectivity index (χ3v) is 5.10. The molecule has 0 aromatic carbocycles. The molecule has 0 aliphatic rings. The highest BCUT2D eigenvalue weighted by atomic mass is 16.5. The third kappa shape index (κ3) is 25.8. The standard InChI is InChI=1S/C14H32N2O.C10H24N2O/c1-5-15(6-2)11-9-13-17-14-10-12-16(7-3)8-4;1-11(2)7-5-9-13-10-6-8-12(3)4/h5-14H2,1-4H3;5-10H2,1-4H3. The molecule has 0 aromatic heterocycles. The van der Waals surface area contributed by atoms with E-state index in [1.807, 2.05) is 0 Å². The molecule has 6 nitrogen and oxygen atoms in total. The lowest BCUT2D eigenvalue weighted by Crippen LogP contribution is -2.26. The van der Waals surface area contributed by atoms with E-state index >= 15 is 0 Å². The highest BCUT2D eigenvalue weighted by Crippen LogP contribution is 1.94. The Morgan fingerprint density at radius 1 is 0.433 bits per heavy atom. The smallest absolute Gasteiger partial charge is 0.0478 e. The number of hydrogen-bond acceptors (Lipinski definition) is 6. The van der Waals surface area contributed by atoms with E-state index in [4.69, 9.17) is 9.47 Å². The summed E-state index contributed by atoms with van der Waals surface area (Å²) in [5.41, 5.74) is 0. The van der Waals surface area contributed by atoms with Crippen LogP contribution >= 0.6 is 0 Å². The van der Waals surface area contributed by atoms with Crippen molar-refractivity contribution in [1.82, 2.24) is 19.6 Å². The van der Waals surface area contributed by atoms with Crippen molar-refractivity contribution in [2.75, 3.05) is 107 Å². The Morgan fingerprint density at radius 3 is 0.933 bits per heavy atom. The molecule has 0 bridgehead atoms. The fourth-order valence-electron chi connectivity index (χ4n) is 3.03. The summed E-state index contributed by atoms with van der Waals surface area (Å²) in [5, 5.41) is 0. The monoisotopic (exact) mass is 432 g/mol. The molecule has 0 saturated carbocycles. The van der Waals surface area contributed by atoms with E-state index in [0.29, 0.717) is 0 Å². The Hall–Kier alpha value is -0.240. The molecule has 0 aliphatic carbocycles. The van der Waals surface area contributed by atoms with Gasteiger partial charge < -0.3 is 29.1 Å². The van der Waals surface area contributed by atoms with Gasteiger partial charge in [0.15, 0.2) is 0 Å². The van der Waals surface area contributed by atoms with Gasteiger partial charge in [0.05, 0.1) is 0 Å². The first-order valence-corrected chi connectivity index (χ1v) is 12.3. The molecule has 0 fully saturated rings. The molecule has 0 heterocycles. The average molecular weight is 433 g/mol. The maximum absolute atomic E-state index is 5.66. The molecule has 0 saturated heterocycles. The number of nitrogens with zero attached hydrogens (tertiary/aromatic N) is 4. The molecule has 0 aliphatic heterocycles. The van der Waals surface area contributed by atoms with Crippen LogP contribution < -0.4 is 0 Å². The summed E-state index contributed by atoms with van der Waals surface area (Å²) >= 11 is 0. The van der Waals surface area contributed by atoms with Crippen LogP contribution in [-0.4, -0.2) is 127 Å². The molecular formula is C24H56N4O2. The molecule has 30 heavy (non-hydrogen) atoms. The largest absolute Gasteiger partial charge is 0.381 e. The van der Waals surface area contributed by atoms with Gasteiger partial charge in [-0.15, -0.1) is 0 Å². The lowest BCUT2D eigenvalue weighted by Gasteiger charge is -2.18. The Balaban J connectivity index is 0. The Kier molecular flexibility index (Phi) is 26.6. The van der Waals surface area contributed by atoms with Crippen LogP contribution in [0.2, 0.25) is 0 Å². The normalized spacial score (nSPS) is 11.6. The quantitative estimate of drug-likeness (QED) is 0.274. The molecule has 184 valence electrons. The second-order valence-corrected chi connectivity index (χ2v) is 8.30. The van der Waals surface area contributed by atoms with E-state index in [1.54, 1.807) is 0 Å². The molecular weight excluding hydrogens is 376 g/mol. The van der Waals surface area contributed by atoms with E-state index in [9.17, 15) is 0 Å². The molecule has 0 atom stereocenters. The zero-order valence-electron chi connectivity index (χ0n) is 21.9. The maximum Gasteiger partial charge on any atom is 0.0478 e. The lowest BCUT2D eigenvalue weighted by atomic mass is 10.3. The van der Waals surface area contributed by atoms with Crippen molar-refractivity contribution in [3.63, 3.8) is 0 Å². The average Bonchev–Trinajstić information content (AvgIpc) is 2.72. The maximum atomic E-state index is 5.66. The van der Waals surface area contributed by atoms with E-state index < -0.39 is 0 Å². The van der Waals surface area contributed by atoms with Crippen molar-refractivity contribution in [2.45, 2.75) is 53.4 Å². The zero-order valence-corrected chi connectivity index (χ0v) is 21.9. The van der Waals surface area contributed by atoms with Gasteiger partial charge in [0.2, 0.25) is 0 Å². The van der Waals surface area contributed by atoms with Crippen molar-refractivity contribution >= 4 is 0 Å². The first-order chi connectivity index (χ1) is 14.4. The fourth-order valence-corrected chi connectivity index (χ4v) is 3.03. The van der Waals surface area contributed by atoms with Crippen LogP contribution in [0.25, 0.3) is 0 Å². The first-order valence-electron chi connectivity index (χ1n) is 12.3. The predicted octanol–water partition coefficient (Wildman–Crippen LogP) is 3.37. The van der Waals surface area contributed by atoms with Crippen molar-refractivity contribution in [1.29, 1.82) is 0 Å². The fraction of sp³-hybridized carbons (Fsp3) is 1.00. The van der Waals surface area contributed by atoms with Gasteiger partial charge in [-0.1, -0.05) is 27.7 Å². The van der Waals surface area contributed by atoms with Gasteiger partial charge in [-0.25, -0.2) is 0 Å². The Morgan fingerprint density at radius 2 is 0.700 bits per heavy atom. The molecule has 0 unspecified atom stereocenters. The van der Waals surface area contributed by atoms with Crippen LogP contribution in [0.15, 0.2) is 0 Å². The van der Waals surface area contributed by atoms with Crippen LogP contribution in [-0.2, 0) is 9.47 Å². The van der Waals surface area contributed by atoms with Gasteiger partial charge in [-0.3, -0.25) is 0 Å². The highest BCUT2D eigenvalue weighted by molar-refractivity contribution is 4.53. The van der Waals surface area contributed by atoms with Crippen LogP contribution in [0.3, 0.4) is 0 Å². The predicted molar refractivity (Wildman–Crippen MR) is 133 cm³/mol. The van der Waals surface area contributed by atoms with Gasteiger partial charge >= 0.3 is 0 Å². The lowest BCUT2D eigenvalue weighted by molar-refractivity contribution is 0.111. The highest BCUT2D eigenvalue weighted by Gasteiger charge is 2.00. The molecule has 0 N–H and O–H groups in total. The summed E-state index contributed by atoms with van der Waals surface area (Å²) in [6.07, 6.45) is 4.59. The van der Waals surface area contributed by atoms with Gasteiger partial charge in [-0.05, 0) is 93.1 Å². The van der Waals surface area contributed by atoms with Crippen LogP contribution in [0.4, 0.5) is 0 Å². The number of hydrogen-bond donors (Lipinski definition) is 0. The van der Waals surface area contributed by atoms with Crippen molar-refractivity contribution < 1.29 is 9.47 Å².